The lowest BCUT2D eigenvalue weighted by molar-refractivity contribution is 0.0327. The first-order chi connectivity index (χ1) is 8.26. The molecule has 6 heteroatoms. The summed E-state index contributed by atoms with van der Waals surface area (Å²) in [6.07, 6.45) is 6.47. The molecule has 1 fully saturated rings. The van der Waals surface area contributed by atoms with Crippen LogP contribution in [0.4, 0.5) is 5.82 Å². The van der Waals surface area contributed by atoms with Crippen molar-refractivity contribution in [3.05, 3.63) is 11.8 Å². The first kappa shape index (κ1) is 12.3. The van der Waals surface area contributed by atoms with Crippen LogP contribution in [0.5, 0.6) is 0 Å². The van der Waals surface area contributed by atoms with Gasteiger partial charge in [-0.05, 0) is 19.1 Å². The Morgan fingerprint density at radius 1 is 1.59 bits per heavy atom. The van der Waals surface area contributed by atoms with Gasteiger partial charge in [-0.3, -0.25) is 4.79 Å². The summed E-state index contributed by atoms with van der Waals surface area (Å²) in [5.74, 6) is 0.624. The minimum absolute atomic E-state index is 0.328. The zero-order valence-electron chi connectivity index (χ0n) is 9.84. The first-order valence-corrected chi connectivity index (χ1v) is 6.64. The van der Waals surface area contributed by atoms with Crippen molar-refractivity contribution in [2.75, 3.05) is 18.7 Å². The number of nitrogens with one attached hydrogen (secondary N) is 1. The number of methoxy groups -OCH3 is 1. The van der Waals surface area contributed by atoms with Gasteiger partial charge in [-0.15, -0.1) is 0 Å². The zero-order chi connectivity index (χ0) is 12.3. The normalized spacial score (nSPS) is 22.9. The molecule has 0 bridgehead atoms. The van der Waals surface area contributed by atoms with E-state index in [1.807, 2.05) is 6.26 Å². The molecule has 0 aromatic carbocycles. The highest BCUT2D eigenvalue weighted by molar-refractivity contribution is 7.98. The molecule has 92 valence electrons. The van der Waals surface area contributed by atoms with Crippen LogP contribution in [-0.4, -0.2) is 41.8 Å². The molecule has 0 unspecified atom stereocenters. The second-order valence-electron chi connectivity index (χ2n) is 3.95. The van der Waals surface area contributed by atoms with E-state index >= 15 is 0 Å². The zero-order valence-corrected chi connectivity index (χ0v) is 10.7. The maximum Gasteiger partial charge on any atom is 0.189 e. The highest BCUT2D eigenvalue weighted by Gasteiger charge is 2.29. The summed E-state index contributed by atoms with van der Waals surface area (Å²) in [6, 6.07) is 0.336. The van der Waals surface area contributed by atoms with Gasteiger partial charge in [0.2, 0.25) is 0 Å². The highest BCUT2D eigenvalue weighted by Crippen LogP contribution is 2.27. The third-order valence-electron chi connectivity index (χ3n) is 2.87. The fourth-order valence-electron chi connectivity index (χ4n) is 1.74. The number of hydrogen-bond donors (Lipinski definition) is 1. The molecule has 0 amide bonds. The molecule has 1 saturated carbocycles. The SMILES string of the molecule is COC1CC(Nc2nc(SC)ncc2C=O)C1. The minimum atomic E-state index is 0.328. The van der Waals surface area contributed by atoms with Crippen molar-refractivity contribution in [3.8, 4) is 0 Å². The van der Waals surface area contributed by atoms with Crippen LogP contribution in [0.1, 0.15) is 23.2 Å². The van der Waals surface area contributed by atoms with Crippen LogP contribution in [-0.2, 0) is 4.74 Å². The lowest BCUT2D eigenvalue weighted by Crippen LogP contribution is -2.40. The molecule has 1 heterocycles. The van der Waals surface area contributed by atoms with Gasteiger partial charge in [0.25, 0.3) is 0 Å². The molecule has 0 atom stereocenters. The third kappa shape index (κ3) is 2.76. The molecule has 0 spiro atoms. The average molecular weight is 253 g/mol. The number of rotatable bonds is 5. The maximum atomic E-state index is 10.9. The van der Waals surface area contributed by atoms with E-state index < -0.39 is 0 Å². The molecule has 1 N–H and O–H groups in total. The Morgan fingerprint density at radius 2 is 2.35 bits per heavy atom. The van der Waals surface area contributed by atoms with Gasteiger partial charge in [0.1, 0.15) is 5.82 Å². The Hall–Kier alpha value is -1.14. The van der Waals surface area contributed by atoms with Gasteiger partial charge >= 0.3 is 0 Å². The molecule has 5 nitrogen and oxygen atoms in total. The molecule has 0 saturated heterocycles. The van der Waals surface area contributed by atoms with Crippen molar-refractivity contribution in [1.82, 2.24) is 9.97 Å². The number of aldehydes is 1. The van der Waals surface area contributed by atoms with E-state index in [9.17, 15) is 4.79 Å². The van der Waals surface area contributed by atoms with Gasteiger partial charge < -0.3 is 10.1 Å². The molecule has 0 radical (unpaired) electrons. The predicted octanol–water partition coefficient (Wildman–Crippen LogP) is 1.60. The van der Waals surface area contributed by atoms with E-state index in [1.165, 1.54) is 11.8 Å². The van der Waals surface area contributed by atoms with Crippen LogP contribution in [0, 0.1) is 0 Å². The highest BCUT2D eigenvalue weighted by atomic mass is 32.2. The third-order valence-corrected chi connectivity index (χ3v) is 3.44. The van der Waals surface area contributed by atoms with Gasteiger partial charge in [0.15, 0.2) is 11.4 Å². The van der Waals surface area contributed by atoms with E-state index in [2.05, 4.69) is 15.3 Å². The van der Waals surface area contributed by atoms with Crippen molar-refractivity contribution in [1.29, 1.82) is 0 Å². The summed E-state index contributed by atoms with van der Waals surface area (Å²) in [6.45, 7) is 0. The molecule has 1 aliphatic rings. The summed E-state index contributed by atoms with van der Waals surface area (Å²) in [5, 5.41) is 3.93. The van der Waals surface area contributed by atoms with Gasteiger partial charge in [-0.25, -0.2) is 9.97 Å². The number of nitrogens with zero attached hydrogens (tertiary/aromatic N) is 2. The lowest BCUT2D eigenvalue weighted by atomic mass is 9.89. The van der Waals surface area contributed by atoms with E-state index in [-0.39, 0.29) is 0 Å². The molecule has 1 aliphatic carbocycles. The van der Waals surface area contributed by atoms with E-state index in [0.29, 0.717) is 28.7 Å². The Kier molecular flexibility index (Phi) is 3.96. The second kappa shape index (κ2) is 5.46. The number of carbonyl (C=O) groups is 1. The molecule has 2 rings (SSSR count). The van der Waals surface area contributed by atoms with E-state index in [0.717, 1.165) is 19.1 Å². The monoisotopic (exact) mass is 253 g/mol. The van der Waals surface area contributed by atoms with Crippen LogP contribution in [0.15, 0.2) is 11.4 Å². The summed E-state index contributed by atoms with van der Waals surface area (Å²) in [7, 11) is 1.72. The Bertz CT molecular complexity index is 408. The largest absolute Gasteiger partial charge is 0.381 e. The Balaban J connectivity index is 2.06. The molecular formula is C11H15N3O2S. The number of aromatic nitrogens is 2. The molecule has 1 aromatic heterocycles. The molecule has 0 aliphatic heterocycles. The van der Waals surface area contributed by atoms with Crippen molar-refractivity contribution in [2.45, 2.75) is 30.1 Å². The smallest absolute Gasteiger partial charge is 0.189 e. The topological polar surface area (TPSA) is 64.1 Å². The van der Waals surface area contributed by atoms with Crippen LogP contribution in [0.2, 0.25) is 0 Å². The summed E-state index contributed by atoms with van der Waals surface area (Å²) < 4.78 is 5.21. The number of ether oxygens (including phenoxy) is 1. The Morgan fingerprint density at radius 3 is 2.94 bits per heavy atom. The van der Waals surface area contributed by atoms with E-state index in [4.69, 9.17) is 4.74 Å². The summed E-state index contributed by atoms with van der Waals surface area (Å²) in [4.78, 5) is 19.3. The van der Waals surface area contributed by atoms with Gasteiger partial charge in [0.05, 0.1) is 11.7 Å². The maximum absolute atomic E-state index is 10.9. The Labute approximate surface area is 104 Å². The predicted molar refractivity (Wildman–Crippen MR) is 66.6 cm³/mol. The molecule has 17 heavy (non-hydrogen) atoms. The van der Waals surface area contributed by atoms with Gasteiger partial charge in [-0.1, -0.05) is 11.8 Å². The number of anilines is 1. The van der Waals surface area contributed by atoms with Gasteiger partial charge in [-0.2, -0.15) is 0 Å². The van der Waals surface area contributed by atoms with Crippen molar-refractivity contribution >= 4 is 23.9 Å². The number of carbonyl (C=O) groups excluding carboxylic acids is 1. The summed E-state index contributed by atoms with van der Waals surface area (Å²) >= 11 is 1.46. The summed E-state index contributed by atoms with van der Waals surface area (Å²) in [5.41, 5.74) is 0.503. The van der Waals surface area contributed by atoms with Crippen molar-refractivity contribution < 1.29 is 9.53 Å². The van der Waals surface area contributed by atoms with E-state index in [1.54, 1.807) is 13.3 Å². The van der Waals surface area contributed by atoms with Crippen LogP contribution in [0.3, 0.4) is 0 Å². The second-order valence-corrected chi connectivity index (χ2v) is 4.72. The molecular weight excluding hydrogens is 238 g/mol. The fourth-order valence-corrected chi connectivity index (χ4v) is 2.09. The number of hydrogen-bond acceptors (Lipinski definition) is 6. The minimum Gasteiger partial charge on any atom is -0.381 e. The van der Waals surface area contributed by atoms with Crippen LogP contribution >= 0.6 is 11.8 Å². The van der Waals surface area contributed by atoms with Gasteiger partial charge in [0, 0.05) is 19.3 Å². The standard InChI is InChI=1S/C11H15N3O2S/c1-16-9-3-8(4-9)13-10-7(6-15)5-12-11(14-10)17-2/h5-6,8-9H,3-4H2,1-2H3,(H,12,13,14). The fraction of sp³-hybridized carbons (Fsp3) is 0.545. The number of thioether (sulfide) groups is 1. The molecule has 1 aromatic rings. The van der Waals surface area contributed by atoms with Crippen molar-refractivity contribution in [3.63, 3.8) is 0 Å². The van der Waals surface area contributed by atoms with Crippen molar-refractivity contribution in [2.24, 2.45) is 0 Å². The van der Waals surface area contributed by atoms with Crippen LogP contribution < -0.4 is 5.32 Å². The van der Waals surface area contributed by atoms with Crippen LogP contribution in [0.25, 0.3) is 0 Å². The quantitative estimate of drug-likeness (QED) is 0.488. The average Bonchev–Trinajstić information content (AvgIpc) is 2.32. The first-order valence-electron chi connectivity index (χ1n) is 5.42. The lowest BCUT2D eigenvalue weighted by Gasteiger charge is -2.35.